The lowest BCUT2D eigenvalue weighted by Crippen LogP contribution is -2.37. The van der Waals surface area contributed by atoms with Gasteiger partial charge in [-0.1, -0.05) is 12.1 Å². The van der Waals surface area contributed by atoms with Crippen LogP contribution in [-0.4, -0.2) is 28.2 Å². The van der Waals surface area contributed by atoms with Gasteiger partial charge in [0.2, 0.25) is 0 Å². The normalized spacial score (nSPS) is 11.5. The second-order valence-electron chi connectivity index (χ2n) is 6.16. The molecule has 0 bridgehead atoms. The van der Waals surface area contributed by atoms with E-state index in [0.29, 0.717) is 22.4 Å². The van der Waals surface area contributed by atoms with E-state index in [4.69, 9.17) is 0 Å². The van der Waals surface area contributed by atoms with Gasteiger partial charge in [-0.3, -0.25) is 23.3 Å². The van der Waals surface area contributed by atoms with Gasteiger partial charge in [-0.25, -0.2) is 14.8 Å². The lowest BCUT2D eigenvalue weighted by molar-refractivity contribution is 0.671. The average molecular weight is 352 g/mol. The number of nitrogens with zero attached hydrogens (tertiary/aromatic N) is 6. The first kappa shape index (κ1) is 16.0. The molecule has 0 aliphatic rings. The van der Waals surface area contributed by atoms with Crippen LogP contribution >= 0.6 is 0 Å². The van der Waals surface area contributed by atoms with Crippen LogP contribution in [0.3, 0.4) is 0 Å². The van der Waals surface area contributed by atoms with Crippen LogP contribution in [0.25, 0.3) is 22.1 Å². The molecule has 3 aromatic heterocycles. The molecule has 26 heavy (non-hydrogen) atoms. The third kappa shape index (κ3) is 2.13. The first-order valence-electron chi connectivity index (χ1n) is 7.95. The molecule has 4 aromatic rings. The molecule has 0 radical (unpaired) electrons. The molecule has 0 fully saturated rings. The maximum Gasteiger partial charge on any atom is 0.332 e. The van der Waals surface area contributed by atoms with Crippen molar-refractivity contribution in [2.45, 2.75) is 6.54 Å². The summed E-state index contributed by atoms with van der Waals surface area (Å²) in [5, 5.41) is 0.535. The van der Waals surface area contributed by atoms with E-state index in [9.17, 15) is 14.4 Å². The fraction of sp³-hybridized carbons (Fsp3) is 0.235. The maximum absolute atomic E-state index is 12.5. The number of fused-ring (bicyclic) bond motifs is 2. The average Bonchev–Trinajstić information content (AvgIpc) is 3.06. The summed E-state index contributed by atoms with van der Waals surface area (Å²) in [4.78, 5) is 45.9. The minimum atomic E-state index is -0.441. The van der Waals surface area contributed by atoms with Gasteiger partial charge in [0, 0.05) is 21.1 Å². The Labute approximate surface area is 146 Å². The predicted molar refractivity (Wildman–Crippen MR) is 96.3 cm³/mol. The van der Waals surface area contributed by atoms with Gasteiger partial charge in [-0.05, 0) is 12.1 Å². The molecule has 0 aliphatic heterocycles. The Balaban J connectivity index is 1.96. The van der Waals surface area contributed by atoms with Crippen molar-refractivity contribution in [1.82, 2.24) is 28.2 Å². The van der Waals surface area contributed by atoms with Crippen molar-refractivity contribution in [2.24, 2.45) is 21.1 Å². The number of aryl methyl sites for hydroxylation is 1. The minimum Gasteiger partial charge on any atom is -0.317 e. The fourth-order valence-electron chi connectivity index (χ4n) is 3.07. The van der Waals surface area contributed by atoms with Crippen LogP contribution in [0.15, 0.2) is 45.0 Å². The molecule has 132 valence electrons. The summed E-state index contributed by atoms with van der Waals surface area (Å²) in [5.41, 5.74) is 0.141. The fourth-order valence-corrected chi connectivity index (χ4v) is 3.07. The summed E-state index contributed by atoms with van der Waals surface area (Å²) in [6.45, 7) is 0.181. The van der Waals surface area contributed by atoms with Gasteiger partial charge in [0.05, 0.1) is 23.8 Å². The number of rotatable bonds is 2. The molecule has 9 nitrogen and oxygen atoms in total. The highest BCUT2D eigenvalue weighted by molar-refractivity contribution is 5.77. The molecular formula is C17H16N6O3. The van der Waals surface area contributed by atoms with Crippen molar-refractivity contribution in [1.29, 1.82) is 0 Å². The van der Waals surface area contributed by atoms with Crippen LogP contribution in [0.4, 0.5) is 0 Å². The van der Waals surface area contributed by atoms with Gasteiger partial charge in [0.25, 0.3) is 11.1 Å². The van der Waals surface area contributed by atoms with E-state index < -0.39 is 11.2 Å². The summed E-state index contributed by atoms with van der Waals surface area (Å²) < 4.78 is 5.42. The Morgan fingerprint density at radius 3 is 2.42 bits per heavy atom. The summed E-state index contributed by atoms with van der Waals surface area (Å²) in [6.07, 6.45) is 1.48. The molecule has 0 saturated carbocycles. The molecule has 1 aromatic carbocycles. The van der Waals surface area contributed by atoms with Crippen molar-refractivity contribution in [3.05, 3.63) is 67.6 Å². The Hall–Kier alpha value is -3.49. The molecule has 0 N–H and O–H groups in total. The lowest BCUT2D eigenvalue weighted by atomic mass is 10.2. The van der Waals surface area contributed by atoms with Crippen molar-refractivity contribution in [3.63, 3.8) is 0 Å². The Bertz CT molecular complexity index is 1360. The quantitative estimate of drug-likeness (QED) is 0.495. The third-order valence-electron chi connectivity index (χ3n) is 4.60. The van der Waals surface area contributed by atoms with Gasteiger partial charge in [0.15, 0.2) is 11.2 Å². The second-order valence-corrected chi connectivity index (χ2v) is 6.16. The van der Waals surface area contributed by atoms with Crippen LogP contribution in [-0.2, 0) is 27.7 Å². The zero-order valence-electron chi connectivity index (χ0n) is 14.5. The molecule has 3 heterocycles. The molecule has 0 unspecified atom stereocenters. The lowest BCUT2D eigenvalue weighted by Gasteiger charge is -2.11. The molecule has 4 rings (SSSR count). The van der Waals surface area contributed by atoms with Crippen molar-refractivity contribution in [3.8, 4) is 0 Å². The number of imidazole rings is 1. The van der Waals surface area contributed by atoms with Crippen LogP contribution in [0.1, 0.15) is 5.82 Å². The zero-order valence-corrected chi connectivity index (χ0v) is 14.5. The van der Waals surface area contributed by atoms with E-state index in [1.807, 2.05) is 6.07 Å². The van der Waals surface area contributed by atoms with Gasteiger partial charge >= 0.3 is 5.69 Å². The number of benzene rings is 1. The highest BCUT2D eigenvalue weighted by Crippen LogP contribution is 2.11. The highest BCUT2D eigenvalue weighted by atomic mass is 16.2. The third-order valence-corrected chi connectivity index (χ3v) is 4.60. The Morgan fingerprint density at radius 2 is 1.65 bits per heavy atom. The topological polar surface area (TPSA) is 96.7 Å². The molecule has 0 amide bonds. The van der Waals surface area contributed by atoms with Gasteiger partial charge in [-0.15, -0.1) is 0 Å². The molecule has 0 saturated heterocycles. The largest absolute Gasteiger partial charge is 0.332 e. The minimum absolute atomic E-state index is 0.157. The number of hydrogen-bond acceptors (Lipinski definition) is 5. The number of hydrogen-bond donors (Lipinski definition) is 0. The highest BCUT2D eigenvalue weighted by Gasteiger charge is 2.16. The van der Waals surface area contributed by atoms with Crippen LogP contribution in [0, 0.1) is 0 Å². The van der Waals surface area contributed by atoms with E-state index >= 15 is 0 Å². The van der Waals surface area contributed by atoms with E-state index in [1.165, 1.54) is 22.5 Å². The summed E-state index contributed by atoms with van der Waals surface area (Å²) in [7, 11) is 4.63. The van der Waals surface area contributed by atoms with Gasteiger partial charge in [-0.2, -0.15) is 0 Å². The van der Waals surface area contributed by atoms with E-state index in [-0.39, 0.29) is 17.6 Å². The maximum atomic E-state index is 12.5. The van der Waals surface area contributed by atoms with E-state index in [2.05, 4.69) is 9.97 Å². The molecular weight excluding hydrogens is 336 g/mol. The number of para-hydroxylation sites is 1. The molecule has 0 aliphatic carbocycles. The summed E-state index contributed by atoms with van der Waals surface area (Å²) in [6, 6.07) is 7.11. The SMILES string of the molecule is Cn1c(Cn2cnc3c2c(=O)n(C)c(=O)n3C)nc2ccccc2c1=O. The van der Waals surface area contributed by atoms with Crippen LogP contribution in [0.5, 0.6) is 0 Å². The predicted octanol–water partition coefficient (Wildman–Crippen LogP) is -0.271. The number of aromatic nitrogens is 6. The van der Waals surface area contributed by atoms with E-state index in [0.717, 1.165) is 4.57 Å². The van der Waals surface area contributed by atoms with Crippen LogP contribution < -0.4 is 16.8 Å². The first-order valence-corrected chi connectivity index (χ1v) is 7.95. The standard InChI is InChI=1S/C17H16N6O3/c1-20-12(19-11-7-5-4-6-10(11)15(20)24)8-23-9-18-14-13(23)16(25)22(3)17(26)21(14)2/h4-7,9H,8H2,1-3H3. The van der Waals surface area contributed by atoms with Crippen molar-refractivity contribution in [2.75, 3.05) is 0 Å². The smallest absolute Gasteiger partial charge is 0.317 e. The monoisotopic (exact) mass is 352 g/mol. The second kappa shape index (κ2) is 5.51. The summed E-state index contributed by atoms with van der Waals surface area (Å²) >= 11 is 0. The Morgan fingerprint density at radius 1 is 0.923 bits per heavy atom. The molecule has 0 atom stereocenters. The van der Waals surface area contributed by atoms with E-state index in [1.54, 1.807) is 36.9 Å². The van der Waals surface area contributed by atoms with Crippen molar-refractivity contribution >= 4 is 22.1 Å². The zero-order chi connectivity index (χ0) is 18.6. The Kier molecular flexibility index (Phi) is 3.39. The van der Waals surface area contributed by atoms with Crippen LogP contribution in [0.2, 0.25) is 0 Å². The first-order chi connectivity index (χ1) is 12.4. The van der Waals surface area contributed by atoms with Gasteiger partial charge in [0.1, 0.15) is 5.82 Å². The summed E-state index contributed by atoms with van der Waals surface area (Å²) in [5.74, 6) is 0.490. The van der Waals surface area contributed by atoms with Gasteiger partial charge < -0.3 is 4.57 Å². The molecule has 9 heteroatoms. The molecule has 0 spiro atoms. The van der Waals surface area contributed by atoms with Crippen molar-refractivity contribution < 1.29 is 0 Å².